The van der Waals surface area contributed by atoms with E-state index in [9.17, 15) is 43.0 Å². The van der Waals surface area contributed by atoms with Crippen LogP contribution in [0.3, 0.4) is 0 Å². The number of hydrogen-bond donors (Lipinski definition) is 6. The molecule has 3 saturated carbocycles. The van der Waals surface area contributed by atoms with Gasteiger partial charge >= 0.3 is 5.97 Å². The van der Waals surface area contributed by atoms with Gasteiger partial charge in [0.15, 0.2) is 17.4 Å². The lowest BCUT2D eigenvalue weighted by molar-refractivity contribution is -0.122. The maximum atomic E-state index is 14.6. The summed E-state index contributed by atoms with van der Waals surface area (Å²) in [6.45, 7) is 11.5. The van der Waals surface area contributed by atoms with Crippen LogP contribution in [0.1, 0.15) is 175 Å². The molecule has 0 spiro atoms. The van der Waals surface area contributed by atoms with Gasteiger partial charge in [-0.3, -0.25) is 19.2 Å². The van der Waals surface area contributed by atoms with Gasteiger partial charge in [-0.25, -0.2) is 13.6 Å². The molecule has 1 aliphatic heterocycles. The first-order valence-corrected chi connectivity index (χ1v) is 27.0. The van der Waals surface area contributed by atoms with Gasteiger partial charge in [0.2, 0.25) is 17.6 Å². The number of phenols is 1. The lowest BCUT2D eigenvalue weighted by atomic mass is 9.47. The number of unbranched alkanes of at least 4 members (excludes halogenated alkanes) is 4. The van der Waals surface area contributed by atoms with Crippen molar-refractivity contribution < 1.29 is 47.7 Å². The zero-order chi connectivity index (χ0) is 51.3. The highest BCUT2D eigenvalue weighted by molar-refractivity contribution is 6.04. The summed E-state index contributed by atoms with van der Waals surface area (Å²) in [5.41, 5.74) is 2.31. The van der Waals surface area contributed by atoms with Crippen molar-refractivity contribution in [3.8, 4) is 11.5 Å². The minimum Gasteiger partial charge on any atom is -0.505 e. The summed E-state index contributed by atoms with van der Waals surface area (Å²) >= 11 is 0. The average molecular weight is 995 g/mol. The zero-order valence-electron chi connectivity index (χ0n) is 42.7. The van der Waals surface area contributed by atoms with Crippen LogP contribution in [0, 0.1) is 52.2 Å². The fraction of sp³-hybridized carbons (Fsp3) is 0.603. The van der Waals surface area contributed by atoms with Crippen LogP contribution in [0.25, 0.3) is 0 Å². The van der Waals surface area contributed by atoms with E-state index in [1.165, 1.54) is 95.6 Å². The number of amides is 3. The number of ketones is 1. The molecule has 12 nitrogen and oxygen atoms in total. The summed E-state index contributed by atoms with van der Waals surface area (Å²) in [5.74, 6) is -4.36. The first kappa shape index (κ1) is 52.9. The largest absolute Gasteiger partial charge is 0.505 e. The van der Waals surface area contributed by atoms with Gasteiger partial charge in [0.05, 0.1) is 5.56 Å². The van der Waals surface area contributed by atoms with E-state index in [0.717, 1.165) is 79.3 Å². The van der Waals surface area contributed by atoms with Crippen LogP contribution in [0.15, 0.2) is 65.7 Å². The number of phenolic OH excluding ortho intramolecular Hbond substituents is 1. The van der Waals surface area contributed by atoms with Crippen molar-refractivity contribution in [3.63, 3.8) is 0 Å². The molecule has 1 heterocycles. The van der Waals surface area contributed by atoms with Crippen molar-refractivity contribution in [2.24, 2.45) is 46.3 Å². The second kappa shape index (κ2) is 22.8. The number of carbonyl (C=O) groups excluding carboxylic acids is 4. The molecule has 2 aromatic carbocycles. The van der Waals surface area contributed by atoms with Crippen LogP contribution in [0.2, 0.25) is 0 Å². The van der Waals surface area contributed by atoms with Gasteiger partial charge in [-0.15, -0.1) is 0 Å². The monoisotopic (exact) mass is 995 g/mol. The molecule has 0 aromatic heterocycles. The number of hydrogen-bond acceptors (Lipinski definition) is 8. The van der Waals surface area contributed by atoms with Crippen LogP contribution in [0.5, 0.6) is 11.5 Å². The molecule has 14 heteroatoms. The summed E-state index contributed by atoms with van der Waals surface area (Å²) in [4.78, 5) is 63.0. The number of carboxylic acid groups (broad SMARTS) is 1. The van der Waals surface area contributed by atoms with Crippen LogP contribution in [-0.4, -0.2) is 71.9 Å². The topological polar surface area (TPSA) is 183 Å². The number of allylic oxidation sites excluding steroid dienone is 4. The maximum absolute atomic E-state index is 14.6. The molecule has 10 atom stereocenters. The Bertz CT molecular complexity index is 2490. The summed E-state index contributed by atoms with van der Waals surface area (Å²) in [6.07, 6.45) is 24.1. The second-order valence-electron chi connectivity index (χ2n) is 22.4. The molecule has 6 unspecified atom stereocenters. The Morgan fingerprint density at radius 2 is 1.60 bits per heavy atom. The van der Waals surface area contributed by atoms with Gasteiger partial charge in [-0.2, -0.15) is 0 Å². The molecular weight excluding hydrogens is 919 g/mol. The second-order valence-corrected chi connectivity index (χ2v) is 22.4. The average Bonchev–Trinajstić information content (AvgIpc) is 3.71. The quantitative estimate of drug-likeness (QED) is 0.0524. The summed E-state index contributed by atoms with van der Waals surface area (Å²) in [6, 6.07) is 6.25. The summed E-state index contributed by atoms with van der Waals surface area (Å²) in [7, 11) is 0. The van der Waals surface area contributed by atoms with Gasteiger partial charge in [0.25, 0.3) is 5.91 Å². The standard InChI is InChI=1S/C58H76F2N4O8/c1-5-6-7-8-9-11-34(2)43-16-17-44-39-15-13-36-29-37(18-22-57(36,3)45(39)19-23-58(43,44)4)61-24-10-25-62-52(67)20-26-63-53(68)21-27-64-55(69)35-12-14-38(40(28-35)56(70)71)54-41-30-46(59)48(65)32-50(41)72-51-33-49(66)47(60)31-42(51)54/h12-14,28,30-34,37,39,41,43-45,54,61,66H,5-11,15-27,29H2,1-4H3,(H,62,67)(H,63,68)(H,64,69)(H,70,71)/t34-,37+,39+,41?,43?,44+,45?,54?,57?,58?/m1/s1. The Labute approximate surface area is 423 Å². The van der Waals surface area contributed by atoms with Gasteiger partial charge in [-0.05, 0) is 135 Å². The number of carboxylic acids is 1. The van der Waals surface area contributed by atoms with E-state index >= 15 is 0 Å². The Morgan fingerprint density at radius 1 is 0.847 bits per heavy atom. The Hall–Kier alpha value is -5.37. The number of rotatable bonds is 21. The molecule has 6 aliphatic rings. The highest BCUT2D eigenvalue weighted by Crippen LogP contribution is 2.67. The number of fused-ring (bicyclic) bond motifs is 7. The minimum absolute atomic E-state index is 0.0162. The van der Waals surface area contributed by atoms with Crippen molar-refractivity contribution in [2.75, 3.05) is 26.2 Å². The molecule has 0 bridgehead atoms. The van der Waals surface area contributed by atoms with Crippen molar-refractivity contribution in [1.29, 1.82) is 0 Å². The molecule has 6 N–H and O–H groups in total. The molecule has 2 aromatic rings. The SMILES string of the molecule is CCCCCCC[C@@H](C)C1CC[C@H]2[C@@H]3CC=C4C[C@@H](NCCCNC(=O)CCNC(=O)CCNC(=O)c5ccc(C6c7cc(F)c(O)cc7OC7=CC(=O)C(F)=CC76)c(C(=O)O)c5)CCC4(C)C3CCC12C. The zero-order valence-corrected chi connectivity index (χ0v) is 42.7. The van der Waals surface area contributed by atoms with Crippen LogP contribution >= 0.6 is 0 Å². The molecular formula is C58H76F2N4O8. The third kappa shape index (κ3) is 11.2. The Kier molecular flexibility index (Phi) is 16.8. The molecule has 0 saturated heterocycles. The smallest absolute Gasteiger partial charge is 0.336 e. The number of nitrogens with one attached hydrogen (secondary N) is 4. The van der Waals surface area contributed by atoms with Gasteiger partial charge < -0.3 is 36.2 Å². The molecule has 0 radical (unpaired) electrons. The number of benzene rings is 2. The van der Waals surface area contributed by atoms with Gasteiger partial charge in [-0.1, -0.05) is 83.9 Å². The first-order valence-electron chi connectivity index (χ1n) is 27.0. The van der Waals surface area contributed by atoms with Gasteiger partial charge in [0.1, 0.15) is 11.5 Å². The van der Waals surface area contributed by atoms with Crippen molar-refractivity contribution in [2.45, 2.75) is 149 Å². The van der Waals surface area contributed by atoms with Crippen molar-refractivity contribution in [1.82, 2.24) is 21.3 Å². The number of ether oxygens (including phenoxy) is 1. The van der Waals surface area contributed by atoms with Crippen molar-refractivity contribution in [3.05, 3.63) is 93.8 Å². The van der Waals surface area contributed by atoms with E-state index in [0.29, 0.717) is 23.4 Å². The van der Waals surface area contributed by atoms with E-state index in [4.69, 9.17) is 4.74 Å². The van der Waals surface area contributed by atoms with E-state index in [1.54, 1.807) is 5.57 Å². The lowest BCUT2D eigenvalue weighted by Gasteiger charge is -2.58. The highest BCUT2D eigenvalue weighted by atomic mass is 19.1. The Balaban J connectivity index is 0.727. The predicted molar refractivity (Wildman–Crippen MR) is 271 cm³/mol. The molecule has 8 rings (SSSR count). The van der Waals surface area contributed by atoms with Crippen LogP contribution in [0.4, 0.5) is 8.78 Å². The minimum atomic E-state index is -1.42. The Morgan fingerprint density at radius 3 is 2.36 bits per heavy atom. The number of carbonyl (C=O) groups is 5. The predicted octanol–water partition coefficient (Wildman–Crippen LogP) is 10.4. The van der Waals surface area contributed by atoms with Gasteiger partial charge in [0, 0.05) is 73.6 Å². The van der Waals surface area contributed by atoms with Crippen LogP contribution < -0.4 is 26.0 Å². The molecule has 390 valence electrons. The summed E-state index contributed by atoms with van der Waals surface area (Å²) in [5, 5.41) is 32.3. The third-order valence-corrected chi connectivity index (χ3v) is 18.1. The van der Waals surface area contributed by atoms with E-state index in [1.807, 2.05) is 0 Å². The van der Waals surface area contributed by atoms with E-state index < -0.39 is 46.9 Å². The van der Waals surface area contributed by atoms with E-state index in [2.05, 4.69) is 55.0 Å². The lowest BCUT2D eigenvalue weighted by Crippen LogP contribution is -2.51. The molecule has 5 aliphatic carbocycles. The molecule has 3 fully saturated rings. The number of halogens is 2. The van der Waals surface area contributed by atoms with Crippen LogP contribution in [-0.2, 0) is 14.4 Å². The van der Waals surface area contributed by atoms with Crippen molar-refractivity contribution >= 4 is 29.5 Å². The number of aromatic hydroxyl groups is 1. The third-order valence-electron chi connectivity index (χ3n) is 18.1. The molecule has 3 amide bonds. The van der Waals surface area contributed by atoms with E-state index in [-0.39, 0.29) is 71.5 Å². The highest BCUT2D eigenvalue weighted by Gasteiger charge is 2.59. The number of aromatic carboxylic acids is 1. The normalized spacial score (nSPS) is 28.6. The first-order chi connectivity index (χ1) is 34.5. The summed E-state index contributed by atoms with van der Waals surface area (Å²) < 4.78 is 35.0. The fourth-order valence-corrected chi connectivity index (χ4v) is 14.3. The molecule has 72 heavy (non-hydrogen) atoms. The maximum Gasteiger partial charge on any atom is 0.336 e. The fourth-order valence-electron chi connectivity index (χ4n) is 14.3.